The number of sulfonamides is 1. The van der Waals surface area contributed by atoms with Gasteiger partial charge in [-0.15, -0.1) is 0 Å². The van der Waals surface area contributed by atoms with Crippen molar-refractivity contribution < 1.29 is 32.6 Å². The lowest BCUT2D eigenvalue weighted by Crippen LogP contribution is -2.36. The maximum absolute atomic E-state index is 12.5. The lowest BCUT2D eigenvalue weighted by molar-refractivity contribution is 0.0643. The van der Waals surface area contributed by atoms with Crippen LogP contribution in [-0.2, 0) is 21.4 Å². The Bertz CT molecular complexity index is 949. The van der Waals surface area contributed by atoms with Gasteiger partial charge in [-0.2, -0.15) is 0 Å². The molecule has 2 N–H and O–H groups in total. The van der Waals surface area contributed by atoms with Crippen molar-refractivity contribution in [2.24, 2.45) is 5.92 Å². The monoisotopic (exact) mass is 423 g/mol. The molecule has 0 bridgehead atoms. The zero-order valence-electron chi connectivity index (χ0n) is 16.3. The molecule has 2 heterocycles. The van der Waals surface area contributed by atoms with Crippen LogP contribution in [0.4, 0.5) is 5.69 Å². The second kappa shape index (κ2) is 8.56. The molecule has 2 unspecified atom stereocenters. The minimum absolute atomic E-state index is 0.0291. The van der Waals surface area contributed by atoms with Gasteiger partial charge in [-0.3, -0.25) is 4.31 Å². The Morgan fingerprint density at radius 1 is 1.24 bits per heavy atom. The molecule has 8 nitrogen and oxygen atoms in total. The molecule has 158 valence electrons. The molecule has 1 aromatic heterocycles. The number of carboxylic acids is 1. The van der Waals surface area contributed by atoms with Crippen LogP contribution in [0.2, 0.25) is 0 Å². The number of ether oxygens (including phenoxy) is 1. The highest BCUT2D eigenvalue weighted by Gasteiger charge is 2.37. The van der Waals surface area contributed by atoms with Crippen molar-refractivity contribution in [3.8, 4) is 0 Å². The number of benzene rings is 1. The quantitative estimate of drug-likeness (QED) is 0.670. The van der Waals surface area contributed by atoms with Crippen LogP contribution in [0, 0.1) is 5.92 Å². The molecule has 1 aliphatic rings. The topological polar surface area (TPSA) is 117 Å². The number of aliphatic hydroxyl groups excluding tert-OH is 1. The van der Waals surface area contributed by atoms with E-state index in [0.717, 1.165) is 5.56 Å². The first kappa shape index (κ1) is 21.4. The van der Waals surface area contributed by atoms with Crippen LogP contribution < -0.4 is 4.31 Å². The Morgan fingerprint density at radius 2 is 1.93 bits per heavy atom. The van der Waals surface area contributed by atoms with E-state index >= 15 is 0 Å². The molecule has 0 amide bonds. The van der Waals surface area contributed by atoms with Gasteiger partial charge in [0, 0.05) is 0 Å². The first-order valence-corrected chi connectivity index (χ1v) is 11.0. The molecule has 1 saturated heterocycles. The van der Waals surface area contributed by atoms with Gasteiger partial charge in [-0.25, -0.2) is 13.2 Å². The summed E-state index contributed by atoms with van der Waals surface area (Å²) in [5, 5.41) is 19.0. The third-order valence-corrected chi connectivity index (χ3v) is 6.75. The molecule has 1 fully saturated rings. The third kappa shape index (κ3) is 4.80. The Hall–Kier alpha value is -2.36. The lowest BCUT2D eigenvalue weighted by Gasteiger charge is -2.25. The molecule has 0 radical (unpaired) electrons. The number of rotatable bonds is 8. The van der Waals surface area contributed by atoms with Crippen molar-refractivity contribution in [1.82, 2.24) is 0 Å². The average Bonchev–Trinajstić information content (AvgIpc) is 3.26. The predicted octanol–water partition coefficient (Wildman–Crippen LogP) is 2.79. The first-order chi connectivity index (χ1) is 13.7. The van der Waals surface area contributed by atoms with Gasteiger partial charge in [0.1, 0.15) is 12.4 Å². The summed E-state index contributed by atoms with van der Waals surface area (Å²) in [5.41, 5.74) is 1.27. The molecule has 2 aromatic rings. The molecule has 0 aliphatic carbocycles. The predicted molar refractivity (Wildman–Crippen MR) is 106 cm³/mol. The molecule has 3 rings (SSSR count). The minimum Gasteiger partial charge on any atom is -0.475 e. The Labute approximate surface area is 169 Å². The molecule has 9 heteroatoms. The second-order valence-electron chi connectivity index (χ2n) is 7.42. The SMILES string of the molecule is CC(C)C(O)c1ccc(N2C(COCc3ccc(C(=O)O)o3)CCS2(=O)=O)cc1. The van der Waals surface area contributed by atoms with E-state index in [0.29, 0.717) is 17.9 Å². The van der Waals surface area contributed by atoms with Crippen molar-refractivity contribution in [2.45, 2.75) is 39.0 Å². The average molecular weight is 423 g/mol. The third-order valence-electron chi connectivity index (χ3n) is 4.89. The van der Waals surface area contributed by atoms with Gasteiger partial charge in [0.25, 0.3) is 0 Å². The molecule has 0 spiro atoms. The van der Waals surface area contributed by atoms with E-state index < -0.39 is 22.1 Å². The van der Waals surface area contributed by atoms with Gasteiger partial charge in [0.15, 0.2) is 0 Å². The van der Waals surface area contributed by atoms with Crippen LogP contribution in [0.5, 0.6) is 0 Å². The van der Waals surface area contributed by atoms with Crippen molar-refractivity contribution in [2.75, 3.05) is 16.7 Å². The lowest BCUT2D eigenvalue weighted by atomic mass is 9.99. The van der Waals surface area contributed by atoms with Gasteiger partial charge in [-0.1, -0.05) is 26.0 Å². The fourth-order valence-electron chi connectivity index (χ4n) is 3.32. The fraction of sp³-hybridized carbons (Fsp3) is 0.450. The van der Waals surface area contributed by atoms with E-state index in [9.17, 15) is 18.3 Å². The molecule has 29 heavy (non-hydrogen) atoms. The van der Waals surface area contributed by atoms with Crippen molar-refractivity contribution >= 4 is 21.7 Å². The summed E-state index contributed by atoms with van der Waals surface area (Å²) in [6.45, 7) is 4.03. The standard InChI is InChI=1S/C20H25NO7S/c1-13(2)19(22)14-3-5-15(6-4-14)21-16(9-10-29(21,25)26)11-27-12-17-7-8-18(28-17)20(23)24/h3-8,13,16,19,22H,9-12H2,1-2H3,(H,23,24). The van der Waals surface area contributed by atoms with Gasteiger partial charge < -0.3 is 19.4 Å². The summed E-state index contributed by atoms with van der Waals surface area (Å²) >= 11 is 0. The Morgan fingerprint density at radius 3 is 2.52 bits per heavy atom. The first-order valence-electron chi connectivity index (χ1n) is 9.39. The van der Waals surface area contributed by atoms with E-state index in [1.807, 2.05) is 13.8 Å². The van der Waals surface area contributed by atoms with Crippen LogP contribution in [-0.4, -0.2) is 43.0 Å². The van der Waals surface area contributed by atoms with Crippen LogP contribution in [0.3, 0.4) is 0 Å². The summed E-state index contributed by atoms with van der Waals surface area (Å²) in [7, 11) is -3.45. The summed E-state index contributed by atoms with van der Waals surface area (Å²) in [4.78, 5) is 10.8. The zero-order valence-corrected chi connectivity index (χ0v) is 17.1. The van der Waals surface area contributed by atoms with Gasteiger partial charge in [0.2, 0.25) is 15.8 Å². The van der Waals surface area contributed by atoms with Crippen molar-refractivity contribution in [3.05, 3.63) is 53.5 Å². The van der Waals surface area contributed by atoms with E-state index in [4.69, 9.17) is 14.3 Å². The van der Waals surface area contributed by atoms with Crippen molar-refractivity contribution in [1.29, 1.82) is 0 Å². The normalized spacial score (nSPS) is 19.6. The van der Waals surface area contributed by atoms with E-state index in [1.54, 1.807) is 24.3 Å². The maximum atomic E-state index is 12.5. The van der Waals surface area contributed by atoms with Crippen molar-refractivity contribution in [3.63, 3.8) is 0 Å². The highest BCUT2D eigenvalue weighted by molar-refractivity contribution is 7.93. The minimum atomic E-state index is -3.45. The van der Waals surface area contributed by atoms with Gasteiger partial charge in [-0.05, 0) is 42.2 Å². The zero-order chi connectivity index (χ0) is 21.2. The number of hydrogen-bond acceptors (Lipinski definition) is 6. The highest BCUT2D eigenvalue weighted by Crippen LogP contribution is 2.31. The van der Waals surface area contributed by atoms with Crippen LogP contribution in [0.25, 0.3) is 0 Å². The number of hydrogen-bond donors (Lipinski definition) is 2. The molecule has 2 atom stereocenters. The molecule has 0 saturated carbocycles. The van der Waals surface area contributed by atoms with E-state index in [-0.39, 0.29) is 36.7 Å². The Balaban J connectivity index is 1.68. The van der Waals surface area contributed by atoms with Gasteiger partial charge >= 0.3 is 5.97 Å². The number of anilines is 1. The number of nitrogens with zero attached hydrogens (tertiary/aromatic N) is 1. The summed E-state index contributed by atoms with van der Waals surface area (Å²) in [6, 6.07) is 9.37. The molecule has 1 aliphatic heterocycles. The molecule has 1 aromatic carbocycles. The summed E-state index contributed by atoms with van der Waals surface area (Å²) in [6.07, 6.45) is -0.181. The Kier molecular flexibility index (Phi) is 6.30. The van der Waals surface area contributed by atoms with E-state index in [1.165, 1.54) is 16.4 Å². The van der Waals surface area contributed by atoms with Gasteiger partial charge in [0.05, 0.1) is 30.2 Å². The summed E-state index contributed by atoms with van der Waals surface area (Å²) in [5.74, 6) is -0.878. The summed E-state index contributed by atoms with van der Waals surface area (Å²) < 4.78 is 37.2. The van der Waals surface area contributed by atoms with Crippen LogP contribution >= 0.6 is 0 Å². The number of aromatic carboxylic acids is 1. The van der Waals surface area contributed by atoms with Crippen LogP contribution in [0.1, 0.15) is 48.3 Å². The largest absolute Gasteiger partial charge is 0.475 e. The molecular weight excluding hydrogens is 398 g/mol. The smallest absolute Gasteiger partial charge is 0.371 e. The second-order valence-corrected chi connectivity index (χ2v) is 9.39. The fourth-order valence-corrected chi connectivity index (χ4v) is 5.15. The number of furan rings is 1. The number of aliphatic hydroxyl groups is 1. The van der Waals surface area contributed by atoms with E-state index in [2.05, 4.69) is 0 Å². The number of carboxylic acid groups (broad SMARTS) is 1. The molecular formula is C20H25NO7S. The number of carbonyl (C=O) groups is 1. The maximum Gasteiger partial charge on any atom is 0.371 e. The van der Waals surface area contributed by atoms with Crippen LogP contribution in [0.15, 0.2) is 40.8 Å². The highest BCUT2D eigenvalue weighted by atomic mass is 32.2.